The first kappa shape index (κ1) is 49.4. The van der Waals surface area contributed by atoms with E-state index in [1.165, 1.54) is 22.3 Å². The summed E-state index contributed by atoms with van der Waals surface area (Å²) in [5, 5.41) is 10.7. The molecule has 4 atom stereocenters. The minimum absolute atomic E-state index is 0.114. The van der Waals surface area contributed by atoms with Gasteiger partial charge in [0.15, 0.2) is 0 Å². The highest BCUT2D eigenvalue weighted by molar-refractivity contribution is 5.45. The van der Waals surface area contributed by atoms with Crippen LogP contribution in [0.15, 0.2) is 146 Å². The molecule has 0 spiro atoms. The summed E-state index contributed by atoms with van der Waals surface area (Å²) < 4.78 is 46.7. The molecule has 4 unspecified atom stereocenters. The maximum absolute atomic E-state index is 10.7. The highest BCUT2D eigenvalue weighted by atomic mass is 16.6. The number of aliphatic hydroxyl groups is 1. The Morgan fingerprint density at radius 2 is 0.609 bits per heavy atom. The van der Waals surface area contributed by atoms with Gasteiger partial charge in [-0.3, -0.25) is 0 Å². The Labute approximate surface area is 409 Å². The van der Waals surface area contributed by atoms with E-state index in [1.54, 1.807) is 0 Å². The van der Waals surface area contributed by atoms with Gasteiger partial charge in [0.1, 0.15) is 79.2 Å². The molecule has 1 N–H and O–H groups in total. The molecule has 69 heavy (non-hydrogen) atoms. The molecule has 2 saturated heterocycles. The van der Waals surface area contributed by atoms with Crippen LogP contribution in [0, 0.1) is 11.8 Å². The van der Waals surface area contributed by atoms with E-state index in [9.17, 15) is 5.11 Å². The smallest absolute Gasteiger partial charge is 0.122 e. The standard InChI is InChI=1S/C60H70O9/c1-41(2)42(34-63-51-23-11-44(12-24-51)59(5,6)47-17-29-54(30-18-47)66-37-56-39-68-56)33-62-50-21-9-43(10-22-50)58(3,4)45-13-25-52(26-14-45)64-35-49(61)36-65-53-27-15-46(16-28-53)60(7,8)48-19-31-55(32-20-48)67-38-57-40-69-57/h9-32,41-42,49,56-57,61H,33-40H2,1-8H3. The van der Waals surface area contributed by atoms with E-state index < -0.39 is 6.10 Å². The van der Waals surface area contributed by atoms with Crippen LogP contribution in [-0.2, 0) is 25.7 Å². The van der Waals surface area contributed by atoms with Gasteiger partial charge in [0.05, 0.1) is 26.4 Å². The third kappa shape index (κ3) is 13.2. The molecule has 9 heteroatoms. The monoisotopic (exact) mass is 935 g/mol. The van der Waals surface area contributed by atoms with Gasteiger partial charge in [0.2, 0.25) is 0 Å². The van der Waals surface area contributed by atoms with Gasteiger partial charge in [0, 0.05) is 22.2 Å². The first-order valence-corrected chi connectivity index (χ1v) is 24.4. The van der Waals surface area contributed by atoms with Crippen LogP contribution in [0.3, 0.4) is 0 Å². The van der Waals surface area contributed by atoms with E-state index in [2.05, 4.69) is 152 Å². The minimum atomic E-state index is -0.798. The second-order valence-electron chi connectivity index (χ2n) is 20.5. The van der Waals surface area contributed by atoms with Crippen molar-refractivity contribution in [2.24, 2.45) is 11.8 Å². The molecular formula is C60H70O9. The summed E-state index contributed by atoms with van der Waals surface area (Å²) in [6.07, 6.45) is -0.326. The number of aliphatic hydroxyl groups excluding tert-OH is 1. The van der Waals surface area contributed by atoms with Gasteiger partial charge >= 0.3 is 0 Å². The van der Waals surface area contributed by atoms with Crippen molar-refractivity contribution in [1.29, 1.82) is 0 Å². The highest BCUT2D eigenvalue weighted by Gasteiger charge is 2.28. The topological polar surface area (TPSA) is 101 Å². The van der Waals surface area contributed by atoms with Gasteiger partial charge in [-0.05, 0) is 112 Å². The zero-order valence-corrected chi connectivity index (χ0v) is 41.6. The van der Waals surface area contributed by atoms with Gasteiger partial charge < -0.3 is 43.0 Å². The van der Waals surface area contributed by atoms with Crippen molar-refractivity contribution >= 4 is 0 Å². The summed E-state index contributed by atoms with van der Waals surface area (Å²) in [6, 6.07) is 49.6. The molecule has 0 aromatic heterocycles. The molecule has 0 amide bonds. The van der Waals surface area contributed by atoms with Crippen molar-refractivity contribution in [1.82, 2.24) is 0 Å². The summed E-state index contributed by atoms with van der Waals surface area (Å²) in [4.78, 5) is 0. The second kappa shape index (κ2) is 21.7. The van der Waals surface area contributed by atoms with E-state index in [0.717, 1.165) is 47.3 Å². The van der Waals surface area contributed by atoms with Crippen LogP contribution in [0.1, 0.15) is 88.8 Å². The van der Waals surface area contributed by atoms with Gasteiger partial charge in [-0.2, -0.15) is 0 Å². The first-order valence-electron chi connectivity index (χ1n) is 24.4. The molecule has 6 aromatic rings. The quantitative estimate of drug-likeness (QED) is 0.0562. The maximum atomic E-state index is 10.7. The minimum Gasteiger partial charge on any atom is -0.493 e. The Morgan fingerprint density at radius 3 is 0.826 bits per heavy atom. The van der Waals surface area contributed by atoms with E-state index in [-0.39, 0.29) is 47.6 Å². The fourth-order valence-electron chi connectivity index (χ4n) is 8.29. The van der Waals surface area contributed by atoms with Crippen LogP contribution in [0.4, 0.5) is 0 Å². The summed E-state index contributed by atoms with van der Waals surface area (Å²) in [7, 11) is 0. The Balaban J connectivity index is 0.756. The number of rotatable bonds is 25. The van der Waals surface area contributed by atoms with E-state index in [1.807, 2.05) is 48.5 Å². The molecule has 0 radical (unpaired) electrons. The summed E-state index contributed by atoms with van der Waals surface area (Å²) in [6.45, 7) is 21.9. The van der Waals surface area contributed by atoms with Crippen molar-refractivity contribution < 1.29 is 43.0 Å². The summed E-state index contributed by atoms with van der Waals surface area (Å²) >= 11 is 0. The Bertz CT molecular complexity index is 2500. The number of epoxide rings is 2. The predicted molar refractivity (Wildman–Crippen MR) is 272 cm³/mol. The lowest BCUT2D eigenvalue weighted by Crippen LogP contribution is -2.25. The lowest BCUT2D eigenvalue weighted by molar-refractivity contribution is 0.0626. The zero-order chi connectivity index (χ0) is 48.6. The molecule has 0 bridgehead atoms. The van der Waals surface area contributed by atoms with Crippen molar-refractivity contribution in [3.63, 3.8) is 0 Å². The van der Waals surface area contributed by atoms with Crippen molar-refractivity contribution in [3.05, 3.63) is 179 Å². The van der Waals surface area contributed by atoms with Crippen LogP contribution in [0.25, 0.3) is 0 Å². The molecular weight excluding hydrogens is 865 g/mol. The molecule has 364 valence electrons. The van der Waals surface area contributed by atoms with Crippen LogP contribution in [0.2, 0.25) is 0 Å². The van der Waals surface area contributed by atoms with Gasteiger partial charge in [-0.1, -0.05) is 128 Å². The van der Waals surface area contributed by atoms with E-state index >= 15 is 0 Å². The van der Waals surface area contributed by atoms with Gasteiger partial charge in [0.25, 0.3) is 0 Å². The number of benzene rings is 6. The molecule has 2 heterocycles. The van der Waals surface area contributed by atoms with Gasteiger partial charge in [-0.25, -0.2) is 0 Å². The normalized spacial score (nSPS) is 16.6. The largest absolute Gasteiger partial charge is 0.493 e. The highest BCUT2D eigenvalue weighted by Crippen LogP contribution is 2.37. The van der Waals surface area contributed by atoms with Crippen LogP contribution < -0.4 is 28.4 Å². The molecule has 2 aliphatic heterocycles. The molecule has 2 aliphatic rings. The van der Waals surface area contributed by atoms with Crippen LogP contribution in [0.5, 0.6) is 34.5 Å². The molecule has 9 nitrogen and oxygen atoms in total. The van der Waals surface area contributed by atoms with Crippen LogP contribution >= 0.6 is 0 Å². The summed E-state index contributed by atoms with van der Waals surface area (Å²) in [5.74, 6) is 5.36. The predicted octanol–water partition coefficient (Wildman–Crippen LogP) is 11.8. The Morgan fingerprint density at radius 1 is 0.391 bits per heavy atom. The Kier molecular flexibility index (Phi) is 15.6. The maximum Gasteiger partial charge on any atom is 0.122 e. The van der Waals surface area contributed by atoms with Crippen molar-refractivity contribution in [2.75, 3.05) is 52.9 Å². The zero-order valence-electron chi connectivity index (χ0n) is 41.6. The second-order valence-corrected chi connectivity index (χ2v) is 20.5. The van der Waals surface area contributed by atoms with Crippen molar-refractivity contribution in [2.45, 2.75) is 89.9 Å². The molecule has 0 aliphatic carbocycles. The van der Waals surface area contributed by atoms with Gasteiger partial charge in [-0.15, -0.1) is 0 Å². The molecule has 8 rings (SSSR count). The van der Waals surface area contributed by atoms with E-state index in [0.29, 0.717) is 43.8 Å². The first-order chi connectivity index (χ1) is 33.1. The third-order valence-corrected chi connectivity index (χ3v) is 13.9. The fraction of sp³-hybridized carbons (Fsp3) is 0.400. The average molecular weight is 935 g/mol. The average Bonchev–Trinajstić information content (AvgIpc) is 4.32. The third-order valence-electron chi connectivity index (χ3n) is 13.9. The fourth-order valence-corrected chi connectivity index (χ4v) is 8.29. The number of hydrogen-bond acceptors (Lipinski definition) is 9. The van der Waals surface area contributed by atoms with Crippen LogP contribution in [-0.4, -0.2) is 76.3 Å². The van der Waals surface area contributed by atoms with E-state index in [4.69, 9.17) is 37.9 Å². The van der Waals surface area contributed by atoms with Crippen molar-refractivity contribution in [3.8, 4) is 34.5 Å². The number of hydrogen-bond donors (Lipinski definition) is 1. The molecule has 6 aromatic carbocycles. The SMILES string of the molecule is CC(C)C(COc1ccc(C(C)(C)c2ccc(OCC(O)COc3ccc(C(C)(C)c4ccc(OCC5CO5)cc4)cc3)cc2)cc1)COc1ccc(C(C)(C)c2ccc(OCC3CO3)cc2)cc1. The number of ether oxygens (including phenoxy) is 8. The Hall–Kier alpha value is -6.00. The lowest BCUT2D eigenvalue weighted by atomic mass is 9.78. The molecule has 2 fully saturated rings. The lowest BCUT2D eigenvalue weighted by Gasteiger charge is -2.27. The summed E-state index contributed by atoms with van der Waals surface area (Å²) in [5.41, 5.74) is 6.47. The molecule has 0 saturated carbocycles.